The molecule has 1 aliphatic carbocycles. The van der Waals surface area contributed by atoms with Crippen LogP contribution in [0.4, 0.5) is 0 Å². The molecule has 0 saturated carbocycles. The van der Waals surface area contributed by atoms with Crippen LogP contribution in [0.25, 0.3) is 0 Å². The van der Waals surface area contributed by atoms with E-state index in [1.807, 2.05) is 0 Å². The van der Waals surface area contributed by atoms with Gasteiger partial charge < -0.3 is 36.9 Å². The van der Waals surface area contributed by atoms with Crippen molar-refractivity contribution in [2.75, 3.05) is 137 Å². The molecular weight excluding hydrogens is 889 g/mol. The van der Waals surface area contributed by atoms with E-state index in [0.29, 0.717) is 52.1 Å². The van der Waals surface area contributed by atoms with Crippen LogP contribution in [-0.2, 0) is 47.3 Å². The molecule has 1 aliphatic rings. The van der Waals surface area contributed by atoms with Gasteiger partial charge in [-0.1, -0.05) is 132 Å². The largest absolute Gasteiger partial charge is 0.487 e. The zero-order valence-electron chi connectivity index (χ0n) is 50.5. The predicted molar refractivity (Wildman–Crippen MR) is 305 cm³/mol. The lowest BCUT2D eigenvalue weighted by molar-refractivity contribution is -0.870. The van der Waals surface area contributed by atoms with Crippen molar-refractivity contribution in [2.45, 2.75) is 130 Å². The zero-order valence-corrected chi connectivity index (χ0v) is 50.5. The summed E-state index contributed by atoms with van der Waals surface area (Å²) in [5.74, 6) is 3.93. The molecule has 8 bridgehead atoms. The Morgan fingerprint density at radius 1 is 0.278 bits per heavy atom. The number of fused-ring (bicyclic) bond motifs is 8. The molecule has 4 aromatic rings. The van der Waals surface area contributed by atoms with Gasteiger partial charge in [0.2, 0.25) is 0 Å². The molecule has 0 unspecified atom stereocenters. The summed E-state index contributed by atoms with van der Waals surface area (Å²) < 4.78 is 32.3. The number of quaternary nitrogens is 4. The maximum atomic E-state index is 7.26. The van der Waals surface area contributed by atoms with Crippen molar-refractivity contribution in [1.82, 2.24) is 0 Å². The SMILES string of the molecule is CC(C)(C)c1cc2c(OCC[N+](C)(C)C)c(c1)Cc1cc(C(C)(C)C)cc(c1OCC[N+](C)(C)C)Cc1cc(C(C)(C)C)cc(c1OCC[N+](C)(C)C)Cc1cc(C(C)(C)C)cc(c1OCC[N+](C)(C)C)C2. The number of hydrogen-bond acceptors (Lipinski definition) is 4. The summed E-state index contributed by atoms with van der Waals surface area (Å²) in [6.07, 6.45) is 2.64. The van der Waals surface area contributed by atoms with Crippen LogP contribution in [0, 0.1) is 0 Å². The molecule has 0 aliphatic heterocycles. The van der Waals surface area contributed by atoms with Crippen molar-refractivity contribution in [3.05, 3.63) is 115 Å². The van der Waals surface area contributed by atoms with E-state index in [1.165, 1.54) is 66.8 Å². The van der Waals surface area contributed by atoms with Crippen molar-refractivity contribution in [3.63, 3.8) is 0 Å². The van der Waals surface area contributed by atoms with Gasteiger partial charge in [-0.2, -0.15) is 0 Å². The van der Waals surface area contributed by atoms with E-state index in [-0.39, 0.29) is 21.7 Å². The monoisotopic (exact) mass is 993 g/mol. The third-order valence-electron chi connectivity index (χ3n) is 14.0. The Labute approximate surface area is 441 Å². The number of likely N-dealkylation sites (N-methyl/N-ethyl adjacent to an activating group) is 4. The van der Waals surface area contributed by atoms with Gasteiger partial charge in [-0.25, -0.2) is 0 Å². The minimum Gasteiger partial charge on any atom is -0.487 e. The van der Waals surface area contributed by atoms with Gasteiger partial charge in [0, 0.05) is 25.7 Å². The minimum atomic E-state index is -0.119. The van der Waals surface area contributed by atoms with Gasteiger partial charge in [0.15, 0.2) is 0 Å². The van der Waals surface area contributed by atoms with Gasteiger partial charge in [0.25, 0.3) is 0 Å². The van der Waals surface area contributed by atoms with Crippen LogP contribution in [0.1, 0.15) is 150 Å². The summed E-state index contributed by atoms with van der Waals surface area (Å²) in [7, 11) is 27.0. The molecule has 0 saturated heterocycles. The maximum absolute atomic E-state index is 7.26. The van der Waals surface area contributed by atoms with Crippen LogP contribution in [0.2, 0.25) is 0 Å². The highest BCUT2D eigenvalue weighted by molar-refractivity contribution is 5.60. The van der Waals surface area contributed by atoms with Crippen molar-refractivity contribution in [2.24, 2.45) is 0 Å². The summed E-state index contributed by atoms with van der Waals surface area (Å²) in [6.45, 7) is 34.0. The third kappa shape index (κ3) is 17.0. The molecule has 0 aromatic heterocycles. The average molecular weight is 994 g/mol. The van der Waals surface area contributed by atoms with Crippen LogP contribution < -0.4 is 18.9 Å². The fourth-order valence-corrected chi connectivity index (χ4v) is 9.05. The van der Waals surface area contributed by atoms with E-state index in [0.717, 1.165) is 67.1 Å². The molecule has 400 valence electrons. The number of hydrogen-bond donors (Lipinski definition) is 0. The lowest BCUT2D eigenvalue weighted by Gasteiger charge is -2.30. The van der Waals surface area contributed by atoms with Crippen molar-refractivity contribution in [1.29, 1.82) is 0 Å². The second-order valence-corrected chi connectivity index (χ2v) is 29.7. The molecule has 8 nitrogen and oxygen atoms in total. The number of ether oxygens (including phenoxy) is 4. The summed E-state index contributed by atoms with van der Waals surface area (Å²) in [6, 6.07) is 19.6. The molecule has 0 spiro atoms. The molecule has 8 heteroatoms. The molecule has 0 radical (unpaired) electrons. The predicted octanol–water partition coefficient (Wildman–Crippen LogP) is 11.9. The van der Waals surface area contributed by atoms with E-state index < -0.39 is 0 Å². The van der Waals surface area contributed by atoms with Gasteiger partial charge in [-0.05, 0) is 88.4 Å². The lowest BCUT2D eigenvalue weighted by atomic mass is 9.79. The molecule has 0 N–H and O–H groups in total. The highest BCUT2D eigenvalue weighted by atomic mass is 16.5. The van der Waals surface area contributed by atoms with Gasteiger partial charge in [0.05, 0.1) is 84.6 Å². The number of nitrogens with zero attached hydrogens (tertiary/aromatic N) is 4. The first-order chi connectivity index (χ1) is 32.7. The van der Waals surface area contributed by atoms with Gasteiger partial charge in [-0.3, -0.25) is 0 Å². The molecule has 4 aromatic carbocycles. The Morgan fingerprint density at radius 2 is 0.417 bits per heavy atom. The third-order valence-corrected chi connectivity index (χ3v) is 14.0. The average Bonchev–Trinajstić information content (AvgIpc) is 3.17. The summed E-state index contributed by atoms with van der Waals surface area (Å²) in [5.41, 5.74) is 14.3. The molecule has 0 amide bonds. The minimum absolute atomic E-state index is 0.119. The van der Waals surface area contributed by atoms with E-state index >= 15 is 0 Å². The van der Waals surface area contributed by atoms with E-state index in [1.54, 1.807) is 0 Å². The first-order valence-electron chi connectivity index (χ1n) is 27.0. The van der Waals surface area contributed by atoms with Gasteiger partial charge >= 0.3 is 0 Å². The van der Waals surface area contributed by atoms with Gasteiger partial charge in [-0.15, -0.1) is 0 Å². The molecule has 5 rings (SSSR count). The first kappa shape index (κ1) is 58.8. The van der Waals surface area contributed by atoms with Crippen LogP contribution in [0.3, 0.4) is 0 Å². The van der Waals surface area contributed by atoms with E-state index in [2.05, 4.69) is 216 Å². The lowest BCUT2D eigenvalue weighted by Crippen LogP contribution is -2.38. The standard InChI is InChI=1S/C64H104N4O4/c1-61(2,3)53-37-45-33-47-39-54(62(4,5)6)41-49(58(47)70-30-26-66(16,17)18)35-51-43-56(64(10,11)12)44-52(60(51)72-32-28-68(22,23)24)36-50-42-55(63(7,8)9)40-48(59(50)71-31-27-67(19,20)21)34-46(38-53)57(45)69-29-25-65(13,14)15/h37-44H,25-36H2,1-24H3/q+4. The maximum Gasteiger partial charge on any atom is 0.137 e. The molecule has 0 heterocycles. The smallest absolute Gasteiger partial charge is 0.137 e. The second-order valence-electron chi connectivity index (χ2n) is 29.7. The highest BCUT2D eigenvalue weighted by Crippen LogP contribution is 2.44. The first-order valence-corrected chi connectivity index (χ1v) is 27.0. The van der Waals surface area contributed by atoms with E-state index in [4.69, 9.17) is 18.9 Å². The Hall–Kier alpha value is -4.08. The van der Waals surface area contributed by atoms with Crippen molar-refractivity contribution < 1.29 is 36.9 Å². The molecule has 72 heavy (non-hydrogen) atoms. The fourth-order valence-electron chi connectivity index (χ4n) is 9.05. The Kier molecular flexibility index (Phi) is 17.7. The van der Waals surface area contributed by atoms with E-state index in [9.17, 15) is 0 Å². The van der Waals surface area contributed by atoms with Crippen molar-refractivity contribution >= 4 is 0 Å². The van der Waals surface area contributed by atoms with Crippen LogP contribution in [0.15, 0.2) is 48.5 Å². The quantitative estimate of drug-likeness (QED) is 0.0923. The topological polar surface area (TPSA) is 36.9 Å². The molecular formula is C64H104N4O4+4. The Balaban J connectivity index is 2.03. The van der Waals surface area contributed by atoms with Crippen LogP contribution >= 0.6 is 0 Å². The zero-order chi connectivity index (χ0) is 54.2. The molecule has 0 atom stereocenters. The number of benzene rings is 4. The summed E-state index contributed by atoms with van der Waals surface area (Å²) >= 11 is 0. The summed E-state index contributed by atoms with van der Waals surface area (Å²) in [5, 5.41) is 0. The second kappa shape index (κ2) is 21.6. The van der Waals surface area contributed by atoms with Crippen LogP contribution in [0.5, 0.6) is 23.0 Å². The summed E-state index contributed by atoms with van der Waals surface area (Å²) in [4.78, 5) is 0. The van der Waals surface area contributed by atoms with Gasteiger partial charge in [0.1, 0.15) is 75.6 Å². The highest BCUT2D eigenvalue weighted by Gasteiger charge is 2.30. The Morgan fingerprint density at radius 3 is 0.528 bits per heavy atom. The normalized spacial score (nSPS) is 14.3. The fraction of sp³-hybridized carbons (Fsp3) is 0.625. The molecule has 0 fully saturated rings. The van der Waals surface area contributed by atoms with Crippen molar-refractivity contribution in [3.8, 4) is 23.0 Å². The van der Waals surface area contributed by atoms with Crippen LogP contribution in [-0.4, -0.2) is 155 Å². The Bertz CT molecular complexity index is 2050. The number of rotatable bonds is 16.